The second-order valence-electron chi connectivity index (χ2n) is 7.57. The van der Waals surface area contributed by atoms with Crippen LogP contribution in [0.1, 0.15) is 5.56 Å². The zero-order valence-corrected chi connectivity index (χ0v) is 19.2. The molecule has 0 aliphatic carbocycles. The van der Waals surface area contributed by atoms with Crippen molar-refractivity contribution in [1.82, 2.24) is 15.0 Å². The highest BCUT2D eigenvalue weighted by atomic mass is 32.2. The summed E-state index contributed by atoms with van der Waals surface area (Å²) in [5.41, 5.74) is 8.95. The summed E-state index contributed by atoms with van der Waals surface area (Å²) in [6, 6.07) is 20.5. The number of nitrogens with zero attached hydrogens (tertiary/aromatic N) is 3. The van der Waals surface area contributed by atoms with Crippen molar-refractivity contribution >= 4 is 39.5 Å². The molecule has 7 nitrogen and oxygen atoms in total. The van der Waals surface area contributed by atoms with Gasteiger partial charge in [-0.05, 0) is 46.3 Å². The Morgan fingerprint density at radius 1 is 1.03 bits per heavy atom. The summed E-state index contributed by atoms with van der Waals surface area (Å²) < 4.78 is 12.9. The number of benzene rings is 3. The highest BCUT2D eigenvalue weighted by molar-refractivity contribution is 7.99. The monoisotopic (exact) mass is 458 g/mol. The molecule has 0 atom stereocenters. The second-order valence-corrected chi connectivity index (χ2v) is 8.60. The number of fused-ring (bicyclic) bond motifs is 2. The summed E-state index contributed by atoms with van der Waals surface area (Å²) in [6.45, 7) is 0.731. The molecule has 0 unspecified atom stereocenters. The Kier molecular flexibility index (Phi) is 5.75. The molecular weight excluding hydrogens is 434 g/mol. The number of methoxy groups -OCH3 is 2. The molecule has 2 heterocycles. The van der Waals surface area contributed by atoms with E-state index in [4.69, 9.17) is 20.2 Å². The van der Waals surface area contributed by atoms with Crippen LogP contribution in [0, 0.1) is 0 Å². The number of aromatic nitrogens is 4. The number of nitrogen functional groups attached to an aromatic ring is 1. The third kappa shape index (κ3) is 4.17. The maximum atomic E-state index is 6.17. The average molecular weight is 459 g/mol. The first-order chi connectivity index (χ1) is 16.2. The molecule has 0 aliphatic heterocycles. The number of aryl methyl sites for hydroxylation is 2. The van der Waals surface area contributed by atoms with Gasteiger partial charge in [-0.1, -0.05) is 52.4 Å². The number of hydrogen-bond donors (Lipinski definition) is 2. The normalized spacial score (nSPS) is 11.2. The van der Waals surface area contributed by atoms with E-state index in [0.717, 1.165) is 40.5 Å². The lowest BCUT2D eigenvalue weighted by Crippen LogP contribution is -2.36. The quantitative estimate of drug-likeness (QED) is 0.352. The van der Waals surface area contributed by atoms with E-state index in [0.29, 0.717) is 11.0 Å². The predicted octanol–water partition coefficient (Wildman–Crippen LogP) is 4.39. The van der Waals surface area contributed by atoms with Gasteiger partial charge in [-0.2, -0.15) is 0 Å². The molecule has 0 amide bonds. The fourth-order valence-electron chi connectivity index (χ4n) is 3.91. The number of nitrogens with one attached hydrogen (secondary N) is 1. The van der Waals surface area contributed by atoms with Gasteiger partial charge in [-0.25, -0.2) is 4.57 Å². The van der Waals surface area contributed by atoms with Crippen LogP contribution in [0.15, 0.2) is 77.0 Å². The standard InChI is InChI=1S/C25H23N5O2S/c1-31-18-10-11-20(32-2)21(14-18)33-25-28-22-23(26)27-15-30(24(22)29-25)13-12-17-8-5-7-16-6-3-4-9-19(16)17/h3-11,14-15H,12-13H2,1-2H3,(H2,26,28,29)/p+1. The summed E-state index contributed by atoms with van der Waals surface area (Å²) >= 11 is 1.46. The van der Waals surface area contributed by atoms with Crippen molar-refractivity contribution in [2.45, 2.75) is 23.0 Å². The van der Waals surface area contributed by atoms with Crippen LogP contribution < -0.4 is 19.8 Å². The molecule has 0 bridgehead atoms. The van der Waals surface area contributed by atoms with Gasteiger partial charge in [0, 0.05) is 6.42 Å². The summed E-state index contributed by atoms with van der Waals surface area (Å²) in [7, 11) is 3.29. The molecule has 3 N–H and O–H groups in total. The minimum atomic E-state index is 0.420. The van der Waals surface area contributed by atoms with Crippen molar-refractivity contribution in [3.05, 3.63) is 72.6 Å². The van der Waals surface area contributed by atoms with Crippen molar-refractivity contribution in [3.8, 4) is 11.5 Å². The van der Waals surface area contributed by atoms with Gasteiger partial charge in [0.25, 0.3) is 5.65 Å². The number of H-pyrrole nitrogens is 1. The maximum absolute atomic E-state index is 6.17. The molecule has 166 valence electrons. The van der Waals surface area contributed by atoms with Crippen LogP contribution in [0.2, 0.25) is 0 Å². The zero-order valence-electron chi connectivity index (χ0n) is 18.4. The molecule has 2 aromatic heterocycles. The maximum Gasteiger partial charge on any atom is 0.294 e. The Bertz CT molecular complexity index is 1440. The molecule has 0 radical (unpaired) electrons. The first-order valence-electron chi connectivity index (χ1n) is 10.6. The summed E-state index contributed by atoms with van der Waals surface area (Å²) in [4.78, 5) is 13.4. The molecule has 0 spiro atoms. The molecule has 5 aromatic rings. The van der Waals surface area contributed by atoms with Crippen molar-refractivity contribution in [2.75, 3.05) is 20.0 Å². The number of ether oxygens (including phenoxy) is 2. The van der Waals surface area contributed by atoms with E-state index in [9.17, 15) is 0 Å². The topological polar surface area (TPSA) is 89.9 Å². The Morgan fingerprint density at radius 2 is 1.88 bits per heavy atom. The lowest BCUT2D eigenvalue weighted by Gasteiger charge is -2.07. The SMILES string of the molecule is COc1ccc(OC)c(Sc2nc3c([nH]2)c(N)nc[n+]3CCc2cccc3ccccc23)c1. The van der Waals surface area contributed by atoms with Gasteiger partial charge in [0.15, 0.2) is 5.52 Å². The van der Waals surface area contributed by atoms with E-state index >= 15 is 0 Å². The molecule has 0 fully saturated rings. The van der Waals surface area contributed by atoms with Gasteiger partial charge >= 0.3 is 0 Å². The molecular formula is C25H24N5O2S+. The van der Waals surface area contributed by atoms with E-state index in [1.165, 1.54) is 28.1 Å². The molecule has 33 heavy (non-hydrogen) atoms. The van der Waals surface area contributed by atoms with E-state index in [2.05, 4.69) is 52.4 Å². The number of hydrogen-bond acceptors (Lipinski definition) is 6. The number of imidazole rings is 1. The van der Waals surface area contributed by atoms with Crippen molar-refractivity contribution in [1.29, 1.82) is 0 Å². The number of nitrogens with two attached hydrogens (primary N) is 1. The van der Waals surface area contributed by atoms with E-state index in [1.807, 2.05) is 22.8 Å². The second kappa shape index (κ2) is 8.99. The number of rotatable bonds is 7. The van der Waals surface area contributed by atoms with E-state index in [-0.39, 0.29) is 0 Å². The third-order valence-corrected chi connectivity index (χ3v) is 6.53. The molecule has 0 aliphatic rings. The van der Waals surface area contributed by atoms with Gasteiger partial charge < -0.3 is 20.2 Å². The van der Waals surface area contributed by atoms with Gasteiger partial charge in [-0.3, -0.25) is 0 Å². The number of aromatic amines is 1. The minimum absolute atomic E-state index is 0.420. The van der Waals surface area contributed by atoms with Crippen LogP contribution >= 0.6 is 11.8 Å². The lowest BCUT2D eigenvalue weighted by molar-refractivity contribution is -0.675. The van der Waals surface area contributed by atoms with E-state index in [1.54, 1.807) is 20.5 Å². The fraction of sp³-hybridized carbons (Fsp3) is 0.160. The summed E-state index contributed by atoms with van der Waals surface area (Å²) in [5, 5.41) is 3.21. The average Bonchev–Trinajstić information content (AvgIpc) is 3.28. The van der Waals surface area contributed by atoms with Crippen molar-refractivity contribution < 1.29 is 14.0 Å². The van der Waals surface area contributed by atoms with Crippen LogP contribution in [0.5, 0.6) is 11.5 Å². The third-order valence-electron chi connectivity index (χ3n) is 5.61. The Labute approximate surface area is 195 Å². The van der Waals surface area contributed by atoms with Crippen LogP contribution in [0.3, 0.4) is 0 Å². The largest absolute Gasteiger partial charge is 0.497 e. The highest BCUT2D eigenvalue weighted by Crippen LogP contribution is 2.36. The summed E-state index contributed by atoms with van der Waals surface area (Å²) in [5.74, 6) is 1.92. The van der Waals surface area contributed by atoms with Gasteiger partial charge in [0.2, 0.25) is 17.3 Å². The van der Waals surface area contributed by atoms with Crippen molar-refractivity contribution in [2.24, 2.45) is 0 Å². The van der Waals surface area contributed by atoms with Gasteiger partial charge in [-0.15, -0.1) is 0 Å². The van der Waals surface area contributed by atoms with Crippen LogP contribution in [-0.2, 0) is 13.0 Å². The smallest absolute Gasteiger partial charge is 0.294 e. The Morgan fingerprint density at radius 3 is 2.73 bits per heavy atom. The van der Waals surface area contributed by atoms with Gasteiger partial charge in [0.05, 0.1) is 25.7 Å². The van der Waals surface area contributed by atoms with E-state index < -0.39 is 0 Å². The molecule has 8 heteroatoms. The predicted molar refractivity (Wildman–Crippen MR) is 130 cm³/mol. The molecule has 0 saturated heterocycles. The van der Waals surface area contributed by atoms with Crippen molar-refractivity contribution in [3.63, 3.8) is 0 Å². The van der Waals surface area contributed by atoms with Crippen LogP contribution in [-0.4, -0.2) is 29.2 Å². The first-order valence-corrected chi connectivity index (χ1v) is 11.4. The Hall–Kier alpha value is -3.78. The molecule has 5 rings (SSSR count). The number of anilines is 1. The fourth-order valence-corrected chi connectivity index (χ4v) is 4.83. The van der Waals surface area contributed by atoms with Crippen LogP contribution in [0.4, 0.5) is 5.82 Å². The minimum Gasteiger partial charge on any atom is -0.497 e. The lowest BCUT2D eigenvalue weighted by atomic mass is 10.0. The zero-order chi connectivity index (χ0) is 22.8. The Balaban J connectivity index is 1.46. The van der Waals surface area contributed by atoms with Crippen LogP contribution in [0.25, 0.3) is 21.9 Å². The molecule has 0 saturated carbocycles. The van der Waals surface area contributed by atoms with Gasteiger partial charge in [0.1, 0.15) is 11.5 Å². The highest BCUT2D eigenvalue weighted by Gasteiger charge is 2.20. The summed E-state index contributed by atoms with van der Waals surface area (Å²) in [6.07, 6.45) is 2.61. The first kappa shape index (κ1) is 21.1. The molecule has 3 aromatic carbocycles.